The largest absolute Gasteiger partial charge is 0.481 e. The lowest BCUT2D eigenvalue weighted by molar-refractivity contribution is -0.133. The van der Waals surface area contributed by atoms with Crippen LogP contribution in [0.1, 0.15) is 5.01 Å². The Bertz CT molecular complexity index is 525. The van der Waals surface area contributed by atoms with Crippen LogP contribution in [0.4, 0.5) is 5.95 Å². The van der Waals surface area contributed by atoms with Gasteiger partial charge in [0.05, 0.1) is 10.8 Å². The number of aryl methyl sites for hydroxylation is 1. The summed E-state index contributed by atoms with van der Waals surface area (Å²) in [5.74, 6) is -0.664. The summed E-state index contributed by atoms with van der Waals surface area (Å²) >= 11 is 2.67. The Morgan fingerprint density at radius 3 is 3.06 bits per heavy atom. The van der Waals surface area contributed by atoms with E-state index in [1.165, 1.54) is 0 Å². The second-order valence-corrected chi connectivity index (χ2v) is 5.27. The molecule has 18 heavy (non-hydrogen) atoms. The summed E-state index contributed by atoms with van der Waals surface area (Å²) in [6.07, 6.45) is 2.47. The maximum absolute atomic E-state index is 10.5. The van der Waals surface area contributed by atoms with Gasteiger partial charge in [-0.15, -0.1) is 21.5 Å². The van der Waals surface area contributed by atoms with Crippen LogP contribution in [0, 0.1) is 0 Å². The van der Waals surface area contributed by atoms with Crippen molar-refractivity contribution in [1.29, 1.82) is 0 Å². The Hall–Kier alpha value is -1.61. The van der Waals surface area contributed by atoms with Gasteiger partial charge in [-0.05, 0) is 0 Å². The van der Waals surface area contributed by atoms with Crippen LogP contribution in [-0.4, -0.2) is 36.6 Å². The fraction of sp³-hybridized carbons (Fsp3) is 0.333. The fourth-order valence-corrected chi connectivity index (χ4v) is 2.63. The second-order valence-electron chi connectivity index (χ2n) is 3.35. The molecule has 0 radical (unpaired) electrons. The number of hydrogen-bond acceptors (Lipinski definition) is 7. The maximum Gasteiger partial charge on any atom is 0.313 e. The lowest BCUT2D eigenvalue weighted by Crippen LogP contribution is -2.08. The average Bonchev–Trinajstić information content (AvgIpc) is 2.94. The molecular formula is C9H11N5O2S2. The molecule has 0 fully saturated rings. The van der Waals surface area contributed by atoms with Crippen molar-refractivity contribution in [2.45, 2.75) is 18.1 Å². The highest BCUT2D eigenvalue weighted by molar-refractivity contribution is 7.99. The first-order chi connectivity index (χ1) is 8.66. The SMILES string of the molecule is Nc1nnc(SCC(=O)O)n1CCc1nccs1. The zero-order valence-corrected chi connectivity index (χ0v) is 10.9. The van der Waals surface area contributed by atoms with Gasteiger partial charge in [0.1, 0.15) is 0 Å². The molecule has 0 aliphatic heterocycles. The van der Waals surface area contributed by atoms with Gasteiger partial charge in [-0.1, -0.05) is 11.8 Å². The van der Waals surface area contributed by atoms with Crippen molar-refractivity contribution in [3.8, 4) is 0 Å². The molecule has 0 bridgehead atoms. The molecule has 0 aromatic carbocycles. The number of carboxylic acid groups (broad SMARTS) is 1. The minimum atomic E-state index is -0.895. The van der Waals surface area contributed by atoms with Gasteiger partial charge in [0.25, 0.3) is 0 Å². The Morgan fingerprint density at radius 2 is 2.39 bits per heavy atom. The molecule has 9 heteroatoms. The topological polar surface area (TPSA) is 107 Å². The third-order valence-corrected chi connectivity index (χ3v) is 3.89. The summed E-state index contributed by atoms with van der Waals surface area (Å²) in [6, 6.07) is 0. The highest BCUT2D eigenvalue weighted by atomic mass is 32.2. The fourth-order valence-electron chi connectivity index (χ4n) is 1.33. The third kappa shape index (κ3) is 3.20. The van der Waals surface area contributed by atoms with E-state index in [0.717, 1.165) is 23.2 Å². The monoisotopic (exact) mass is 285 g/mol. The number of anilines is 1. The van der Waals surface area contributed by atoms with Gasteiger partial charge in [-0.2, -0.15) is 0 Å². The Balaban J connectivity index is 2.02. The first-order valence-corrected chi connectivity index (χ1v) is 6.95. The number of thioether (sulfide) groups is 1. The number of carboxylic acids is 1. The van der Waals surface area contributed by atoms with Crippen LogP contribution in [0.15, 0.2) is 16.7 Å². The van der Waals surface area contributed by atoms with E-state index >= 15 is 0 Å². The van der Waals surface area contributed by atoms with Crippen molar-refractivity contribution in [2.75, 3.05) is 11.5 Å². The summed E-state index contributed by atoms with van der Waals surface area (Å²) in [5, 5.41) is 19.7. The standard InChI is InChI=1S/C9H11N5O2S2/c10-8-12-13-9(18-5-7(15)16)14(8)3-1-6-11-2-4-17-6/h2,4H,1,3,5H2,(H2,10,12)(H,15,16). The Morgan fingerprint density at radius 1 is 1.56 bits per heavy atom. The summed E-state index contributed by atoms with van der Waals surface area (Å²) in [6.45, 7) is 0.592. The van der Waals surface area contributed by atoms with Crippen LogP contribution in [0.5, 0.6) is 0 Å². The number of aliphatic carboxylic acids is 1. The van der Waals surface area contributed by atoms with E-state index < -0.39 is 5.97 Å². The van der Waals surface area contributed by atoms with Crippen molar-refractivity contribution in [2.24, 2.45) is 0 Å². The van der Waals surface area contributed by atoms with Crippen LogP contribution in [-0.2, 0) is 17.8 Å². The highest BCUT2D eigenvalue weighted by Crippen LogP contribution is 2.18. The van der Waals surface area contributed by atoms with Crippen molar-refractivity contribution >= 4 is 35.0 Å². The van der Waals surface area contributed by atoms with Gasteiger partial charge in [-0.25, -0.2) is 4.98 Å². The van der Waals surface area contributed by atoms with Crippen LogP contribution in [0.2, 0.25) is 0 Å². The van der Waals surface area contributed by atoms with Gasteiger partial charge in [-0.3, -0.25) is 9.36 Å². The van der Waals surface area contributed by atoms with Crippen LogP contribution >= 0.6 is 23.1 Å². The highest BCUT2D eigenvalue weighted by Gasteiger charge is 2.12. The quantitative estimate of drug-likeness (QED) is 0.753. The smallest absolute Gasteiger partial charge is 0.313 e. The van der Waals surface area contributed by atoms with Crippen molar-refractivity contribution in [1.82, 2.24) is 19.7 Å². The number of carbonyl (C=O) groups is 1. The molecule has 0 saturated heterocycles. The Labute approximate surface area is 111 Å². The Kier molecular flexibility index (Phi) is 4.15. The van der Waals surface area contributed by atoms with Crippen molar-refractivity contribution in [3.63, 3.8) is 0 Å². The van der Waals surface area contributed by atoms with Gasteiger partial charge < -0.3 is 10.8 Å². The third-order valence-electron chi connectivity index (χ3n) is 2.10. The summed E-state index contributed by atoms with van der Waals surface area (Å²) in [7, 11) is 0. The van der Waals surface area contributed by atoms with Gasteiger partial charge in [0.15, 0.2) is 5.16 Å². The predicted octanol–water partition coefficient (Wildman–Crippen LogP) is 0.736. The van der Waals surface area contributed by atoms with E-state index in [1.54, 1.807) is 22.1 Å². The van der Waals surface area contributed by atoms with E-state index in [1.807, 2.05) is 5.38 Å². The number of hydrogen-bond donors (Lipinski definition) is 2. The van der Waals surface area contributed by atoms with E-state index in [0.29, 0.717) is 17.6 Å². The van der Waals surface area contributed by atoms with E-state index in [9.17, 15) is 4.79 Å². The summed E-state index contributed by atoms with van der Waals surface area (Å²) in [4.78, 5) is 14.7. The number of aromatic nitrogens is 4. The zero-order chi connectivity index (χ0) is 13.0. The molecule has 0 amide bonds. The lowest BCUT2D eigenvalue weighted by Gasteiger charge is -2.05. The van der Waals surface area contributed by atoms with E-state index in [2.05, 4.69) is 15.2 Å². The van der Waals surface area contributed by atoms with Gasteiger partial charge >= 0.3 is 5.97 Å². The van der Waals surface area contributed by atoms with E-state index in [-0.39, 0.29) is 5.75 Å². The number of thiazole rings is 1. The molecule has 0 unspecified atom stereocenters. The van der Waals surface area contributed by atoms with Crippen molar-refractivity contribution < 1.29 is 9.90 Å². The molecule has 2 aromatic heterocycles. The lowest BCUT2D eigenvalue weighted by atomic mass is 10.4. The normalized spacial score (nSPS) is 10.7. The molecule has 96 valence electrons. The average molecular weight is 285 g/mol. The molecule has 0 spiro atoms. The van der Waals surface area contributed by atoms with Gasteiger partial charge in [0, 0.05) is 24.5 Å². The number of nitrogens with zero attached hydrogens (tertiary/aromatic N) is 4. The molecule has 0 aliphatic carbocycles. The maximum atomic E-state index is 10.5. The molecular weight excluding hydrogens is 274 g/mol. The molecule has 3 N–H and O–H groups in total. The number of nitrogens with two attached hydrogens (primary N) is 1. The predicted molar refractivity (Wildman–Crippen MR) is 68.6 cm³/mol. The summed E-state index contributed by atoms with van der Waals surface area (Å²) in [5.41, 5.74) is 5.70. The van der Waals surface area contributed by atoms with Gasteiger partial charge in [0.2, 0.25) is 5.95 Å². The van der Waals surface area contributed by atoms with Crippen molar-refractivity contribution in [3.05, 3.63) is 16.6 Å². The minimum Gasteiger partial charge on any atom is -0.481 e. The first-order valence-electron chi connectivity index (χ1n) is 5.08. The minimum absolute atomic E-state index is 0.0601. The molecule has 2 heterocycles. The molecule has 2 aromatic rings. The van der Waals surface area contributed by atoms with Crippen LogP contribution in [0.25, 0.3) is 0 Å². The first kappa shape index (κ1) is 12.8. The molecule has 0 saturated carbocycles. The molecule has 0 aliphatic rings. The zero-order valence-electron chi connectivity index (χ0n) is 9.31. The molecule has 7 nitrogen and oxygen atoms in total. The molecule has 0 atom stereocenters. The number of nitrogen functional groups attached to an aromatic ring is 1. The summed E-state index contributed by atoms with van der Waals surface area (Å²) < 4.78 is 1.70. The second kappa shape index (κ2) is 5.83. The number of rotatable bonds is 6. The van der Waals surface area contributed by atoms with Crippen LogP contribution < -0.4 is 5.73 Å². The van der Waals surface area contributed by atoms with Crippen LogP contribution in [0.3, 0.4) is 0 Å². The van der Waals surface area contributed by atoms with E-state index in [4.69, 9.17) is 10.8 Å². The molecule has 2 rings (SSSR count).